The monoisotopic (exact) mass is 263 g/mol. The Morgan fingerprint density at radius 2 is 1.63 bits per heavy atom. The lowest BCUT2D eigenvalue weighted by Crippen LogP contribution is -2.41. The highest BCUT2D eigenvalue weighted by atomic mass is 16.2. The van der Waals surface area contributed by atoms with Gasteiger partial charge in [-0.15, -0.1) is 0 Å². The Morgan fingerprint density at radius 1 is 1.16 bits per heavy atom. The number of carbonyl (C=O) groups is 1. The molecule has 0 bridgehead atoms. The molecule has 1 rings (SSSR count). The molecule has 4 nitrogen and oxygen atoms in total. The van der Waals surface area contributed by atoms with Crippen molar-refractivity contribution in [2.24, 2.45) is 5.73 Å². The zero-order valence-corrected chi connectivity index (χ0v) is 12.4. The van der Waals surface area contributed by atoms with Crippen LogP contribution in [-0.2, 0) is 17.9 Å². The third-order valence-corrected chi connectivity index (χ3v) is 2.98. The number of nitrogens with two attached hydrogens (primary N) is 1. The lowest BCUT2D eigenvalue weighted by Gasteiger charge is -2.23. The van der Waals surface area contributed by atoms with E-state index >= 15 is 0 Å². The van der Waals surface area contributed by atoms with Crippen molar-refractivity contribution >= 4 is 5.91 Å². The van der Waals surface area contributed by atoms with Gasteiger partial charge in [0, 0.05) is 19.6 Å². The van der Waals surface area contributed by atoms with Crippen LogP contribution in [0.15, 0.2) is 24.3 Å². The van der Waals surface area contributed by atoms with Crippen molar-refractivity contribution in [1.82, 2.24) is 9.80 Å². The van der Waals surface area contributed by atoms with Gasteiger partial charge < -0.3 is 15.5 Å². The predicted molar refractivity (Wildman–Crippen MR) is 78.6 cm³/mol. The molecule has 0 aliphatic heterocycles. The van der Waals surface area contributed by atoms with E-state index in [1.54, 1.807) is 11.8 Å². The summed E-state index contributed by atoms with van der Waals surface area (Å²) in [7, 11) is 4.10. The Kier molecular flexibility index (Phi) is 5.99. The summed E-state index contributed by atoms with van der Waals surface area (Å²) in [5, 5.41) is 0. The standard InChI is InChI=1S/C15H25N3O/c1-5-18(15(19)12(2)16)11-14-8-6-13(7-9-14)10-17(3)4/h6-9,12H,5,10-11,16H2,1-4H3/t12-/m1/s1. The average Bonchev–Trinajstić information content (AvgIpc) is 2.36. The van der Waals surface area contributed by atoms with Gasteiger partial charge >= 0.3 is 0 Å². The molecule has 0 aliphatic carbocycles. The third kappa shape index (κ3) is 5.01. The van der Waals surface area contributed by atoms with Crippen LogP contribution >= 0.6 is 0 Å². The van der Waals surface area contributed by atoms with Crippen LogP contribution in [0.1, 0.15) is 25.0 Å². The Morgan fingerprint density at radius 3 is 2.00 bits per heavy atom. The fraction of sp³-hybridized carbons (Fsp3) is 0.533. The first-order chi connectivity index (χ1) is 8.93. The molecule has 19 heavy (non-hydrogen) atoms. The van der Waals surface area contributed by atoms with Gasteiger partial charge in [0.2, 0.25) is 5.91 Å². The van der Waals surface area contributed by atoms with E-state index in [0.717, 1.165) is 12.1 Å². The van der Waals surface area contributed by atoms with E-state index in [-0.39, 0.29) is 5.91 Å². The fourth-order valence-corrected chi connectivity index (χ4v) is 1.97. The third-order valence-electron chi connectivity index (χ3n) is 2.98. The van der Waals surface area contributed by atoms with Crippen molar-refractivity contribution in [3.8, 4) is 0 Å². The molecule has 1 aromatic carbocycles. The maximum atomic E-state index is 11.9. The van der Waals surface area contributed by atoms with Gasteiger partial charge in [-0.1, -0.05) is 24.3 Å². The quantitative estimate of drug-likeness (QED) is 0.845. The SMILES string of the molecule is CCN(Cc1ccc(CN(C)C)cc1)C(=O)[C@@H](C)N. The molecule has 1 atom stereocenters. The van der Waals surface area contributed by atoms with Crippen molar-refractivity contribution in [2.45, 2.75) is 33.0 Å². The van der Waals surface area contributed by atoms with Crippen LogP contribution in [0.2, 0.25) is 0 Å². The smallest absolute Gasteiger partial charge is 0.239 e. The molecule has 0 aromatic heterocycles. The van der Waals surface area contributed by atoms with Crippen LogP contribution in [0, 0.1) is 0 Å². The Bertz CT molecular complexity index is 398. The minimum atomic E-state index is -0.437. The van der Waals surface area contributed by atoms with Gasteiger partial charge in [-0.3, -0.25) is 4.79 Å². The summed E-state index contributed by atoms with van der Waals surface area (Å²) in [5.41, 5.74) is 8.06. The van der Waals surface area contributed by atoms with E-state index in [1.807, 2.05) is 21.0 Å². The number of hydrogen-bond acceptors (Lipinski definition) is 3. The second-order valence-electron chi connectivity index (χ2n) is 5.20. The molecule has 4 heteroatoms. The van der Waals surface area contributed by atoms with Crippen molar-refractivity contribution in [1.29, 1.82) is 0 Å². The molecule has 2 N–H and O–H groups in total. The maximum Gasteiger partial charge on any atom is 0.239 e. The van der Waals surface area contributed by atoms with E-state index in [2.05, 4.69) is 29.2 Å². The number of benzene rings is 1. The summed E-state index contributed by atoms with van der Waals surface area (Å²) in [6.07, 6.45) is 0. The topological polar surface area (TPSA) is 49.6 Å². The van der Waals surface area contributed by atoms with E-state index < -0.39 is 6.04 Å². The fourth-order valence-electron chi connectivity index (χ4n) is 1.97. The molecule has 0 heterocycles. The Balaban J connectivity index is 2.68. The minimum absolute atomic E-state index is 0.000122. The predicted octanol–water partition coefficient (Wildman–Crippen LogP) is 1.44. The first-order valence-electron chi connectivity index (χ1n) is 6.71. The molecule has 0 saturated carbocycles. The first-order valence-corrected chi connectivity index (χ1v) is 6.71. The maximum absolute atomic E-state index is 11.9. The first kappa shape index (κ1) is 15.7. The second-order valence-corrected chi connectivity index (χ2v) is 5.20. The van der Waals surface area contributed by atoms with Crippen LogP contribution in [0.25, 0.3) is 0 Å². The summed E-state index contributed by atoms with van der Waals surface area (Å²) in [5.74, 6) is -0.000122. The van der Waals surface area contributed by atoms with Crippen LogP contribution in [0.5, 0.6) is 0 Å². The normalized spacial score (nSPS) is 12.5. The van der Waals surface area contributed by atoms with Gasteiger partial charge in [-0.25, -0.2) is 0 Å². The van der Waals surface area contributed by atoms with Crippen LogP contribution in [0.4, 0.5) is 0 Å². The van der Waals surface area contributed by atoms with Crippen molar-refractivity contribution in [3.63, 3.8) is 0 Å². The summed E-state index contributed by atoms with van der Waals surface area (Å²) in [4.78, 5) is 15.8. The number of rotatable bonds is 6. The molecule has 0 aliphatic rings. The zero-order valence-electron chi connectivity index (χ0n) is 12.4. The van der Waals surface area contributed by atoms with Crippen molar-refractivity contribution in [3.05, 3.63) is 35.4 Å². The summed E-state index contributed by atoms with van der Waals surface area (Å²) in [6, 6.07) is 7.94. The highest BCUT2D eigenvalue weighted by molar-refractivity contribution is 5.81. The highest BCUT2D eigenvalue weighted by Gasteiger charge is 2.15. The second kappa shape index (κ2) is 7.26. The van der Waals surface area contributed by atoms with Gasteiger partial charge in [-0.05, 0) is 39.1 Å². The van der Waals surface area contributed by atoms with Crippen LogP contribution in [-0.4, -0.2) is 42.4 Å². The van der Waals surface area contributed by atoms with E-state index in [4.69, 9.17) is 5.73 Å². The van der Waals surface area contributed by atoms with E-state index in [1.165, 1.54) is 5.56 Å². The minimum Gasteiger partial charge on any atom is -0.337 e. The highest BCUT2D eigenvalue weighted by Crippen LogP contribution is 2.09. The van der Waals surface area contributed by atoms with Crippen molar-refractivity contribution in [2.75, 3.05) is 20.6 Å². The molecule has 106 valence electrons. The van der Waals surface area contributed by atoms with Crippen LogP contribution in [0.3, 0.4) is 0 Å². The Hall–Kier alpha value is -1.39. The lowest BCUT2D eigenvalue weighted by molar-refractivity contribution is -0.132. The van der Waals surface area contributed by atoms with Gasteiger partial charge in [0.05, 0.1) is 6.04 Å². The number of carbonyl (C=O) groups excluding carboxylic acids is 1. The molecule has 0 spiro atoms. The van der Waals surface area contributed by atoms with Gasteiger partial charge in [0.25, 0.3) is 0 Å². The number of likely N-dealkylation sites (N-methyl/N-ethyl adjacent to an activating group) is 1. The molecular formula is C15H25N3O. The average molecular weight is 263 g/mol. The van der Waals surface area contributed by atoms with E-state index in [9.17, 15) is 4.79 Å². The molecule has 1 aromatic rings. The summed E-state index contributed by atoms with van der Waals surface area (Å²) in [6.45, 7) is 5.93. The Labute approximate surface area is 116 Å². The number of amides is 1. The van der Waals surface area contributed by atoms with Crippen LogP contribution < -0.4 is 5.73 Å². The zero-order chi connectivity index (χ0) is 14.4. The molecule has 0 fully saturated rings. The molecular weight excluding hydrogens is 238 g/mol. The van der Waals surface area contributed by atoms with E-state index in [0.29, 0.717) is 13.1 Å². The summed E-state index contributed by atoms with van der Waals surface area (Å²) >= 11 is 0. The molecule has 1 amide bonds. The number of nitrogens with zero attached hydrogens (tertiary/aromatic N) is 2. The lowest BCUT2D eigenvalue weighted by atomic mass is 10.1. The largest absolute Gasteiger partial charge is 0.337 e. The van der Waals surface area contributed by atoms with Gasteiger partial charge in [0.1, 0.15) is 0 Å². The van der Waals surface area contributed by atoms with Gasteiger partial charge in [0.15, 0.2) is 0 Å². The van der Waals surface area contributed by atoms with Crippen molar-refractivity contribution < 1.29 is 4.79 Å². The molecule has 0 radical (unpaired) electrons. The van der Waals surface area contributed by atoms with Gasteiger partial charge in [-0.2, -0.15) is 0 Å². The summed E-state index contributed by atoms with van der Waals surface area (Å²) < 4.78 is 0. The molecule has 0 unspecified atom stereocenters. The molecule has 0 saturated heterocycles. The number of hydrogen-bond donors (Lipinski definition) is 1.